The maximum absolute atomic E-state index is 14.0. The van der Waals surface area contributed by atoms with Crippen LogP contribution in [0.5, 0.6) is 0 Å². The van der Waals surface area contributed by atoms with Crippen molar-refractivity contribution < 1.29 is 37.0 Å². The predicted molar refractivity (Wildman–Crippen MR) is 129 cm³/mol. The molecular weight excluding hydrogens is 489 g/mol. The fourth-order valence-electron chi connectivity index (χ4n) is 4.12. The second kappa shape index (κ2) is 12.7. The highest BCUT2D eigenvalue weighted by Gasteiger charge is 2.46. The van der Waals surface area contributed by atoms with Crippen molar-refractivity contribution in [3.05, 3.63) is 71.8 Å². The van der Waals surface area contributed by atoms with Crippen LogP contribution in [-0.4, -0.2) is 53.8 Å². The summed E-state index contributed by atoms with van der Waals surface area (Å²) in [5, 5.41) is 2.30. The summed E-state index contributed by atoms with van der Waals surface area (Å²) in [6, 6.07) is 13.4. The second-order valence-corrected chi connectivity index (χ2v) is 9.42. The van der Waals surface area contributed by atoms with E-state index in [4.69, 9.17) is 9.47 Å². The van der Waals surface area contributed by atoms with E-state index in [0.717, 1.165) is 10.5 Å². The van der Waals surface area contributed by atoms with Crippen LogP contribution in [0.25, 0.3) is 0 Å². The second-order valence-electron chi connectivity index (χ2n) is 9.42. The molecule has 37 heavy (non-hydrogen) atoms. The molecule has 2 aromatic rings. The third-order valence-corrected chi connectivity index (χ3v) is 5.94. The molecule has 0 bridgehead atoms. The van der Waals surface area contributed by atoms with Gasteiger partial charge in [0.1, 0.15) is 25.3 Å². The number of carbonyl (C=O) groups excluding carboxylic acids is 3. The normalized spacial score (nSPS) is 17.4. The molecular formula is C27H31F3N2O5. The minimum Gasteiger partial charge on any atom is -0.460 e. The van der Waals surface area contributed by atoms with Gasteiger partial charge in [0, 0.05) is 0 Å². The average molecular weight is 521 g/mol. The van der Waals surface area contributed by atoms with Gasteiger partial charge in [-0.2, -0.15) is 13.2 Å². The molecule has 0 radical (unpaired) electrons. The molecule has 7 nitrogen and oxygen atoms in total. The monoisotopic (exact) mass is 520 g/mol. The van der Waals surface area contributed by atoms with Crippen molar-refractivity contribution in [2.45, 2.75) is 64.0 Å². The van der Waals surface area contributed by atoms with Crippen LogP contribution in [0.1, 0.15) is 37.8 Å². The van der Waals surface area contributed by atoms with Gasteiger partial charge < -0.3 is 9.47 Å². The highest BCUT2D eigenvalue weighted by molar-refractivity contribution is 5.94. The van der Waals surface area contributed by atoms with E-state index in [1.54, 1.807) is 74.5 Å². The number of cyclic esters (lactones) is 1. The Labute approximate surface area is 213 Å². The van der Waals surface area contributed by atoms with Gasteiger partial charge in [0.15, 0.2) is 0 Å². The Bertz CT molecular complexity index is 1050. The molecule has 200 valence electrons. The van der Waals surface area contributed by atoms with E-state index < -0.39 is 48.7 Å². The van der Waals surface area contributed by atoms with E-state index in [2.05, 4.69) is 5.32 Å². The topological polar surface area (TPSA) is 84.9 Å². The SMILES string of the molecule is CC(C)C[C@H](N[C@@H](CC(=O)N1C(=O)OC[C@@H]1Cc1ccccc1)C(F)(F)F)C(=O)OCc1ccccc1. The smallest absolute Gasteiger partial charge is 0.416 e. The molecule has 1 N–H and O–H groups in total. The fourth-order valence-corrected chi connectivity index (χ4v) is 4.12. The number of rotatable bonds is 11. The third-order valence-electron chi connectivity index (χ3n) is 5.94. The molecule has 1 saturated heterocycles. The number of carbonyl (C=O) groups is 3. The lowest BCUT2D eigenvalue weighted by atomic mass is 10.0. The minimum atomic E-state index is -4.86. The Hall–Kier alpha value is -3.40. The Kier molecular flexibility index (Phi) is 9.68. The predicted octanol–water partition coefficient (Wildman–Crippen LogP) is 4.65. The van der Waals surface area contributed by atoms with Gasteiger partial charge in [-0.1, -0.05) is 74.5 Å². The van der Waals surface area contributed by atoms with Gasteiger partial charge in [-0.05, 0) is 29.9 Å². The lowest BCUT2D eigenvalue weighted by molar-refractivity contribution is -0.170. The molecule has 0 spiro atoms. The molecule has 3 rings (SSSR count). The quantitative estimate of drug-likeness (QED) is 0.435. The number of alkyl halides is 3. The Morgan fingerprint density at radius 2 is 1.65 bits per heavy atom. The van der Waals surface area contributed by atoms with Crippen LogP contribution in [0, 0.1) is 5.92 Å². The number of amides is 2. The van der Waals surface area contributed by atoms with Crippen molar-refractivity contribution >= 4 is 18.0 Å². The molecule has 0 aromatic heterocycles. The summed E-state index contributed by atoms with van der Waals surface area (Å²) in [6.45, 7) is 3.33. The van der Waals surface area contributed by atoms with Gasteiger partial charge >= 0.3 is 18.2 Å². The molecule has 0 saturated carbocycles. The van der Waals surface area contributed by atoms with Crippen molar-refractivity contribution in [1.82, 2.24) is 10.2 Å². The number of ether oxygens (including phenoxy) is 2. The molecule has 0 aliphatic carbocycles. The standard InChI is InChI=1S/C27H31F3N2O5/c1-18(2)13-22(25(34)36-16-20-11-7-4-8-12-20)31-23(27(28,29)30)15-24(33)32-21(17-37-26(32)35)14-19-9-5-3-6-10-19/h3-12,18,21-23,31H,13-17H2,1-2H3/t21-,22-,23-/m0/s1. The number of benzene rings is 2. The van der Waals surface area contributed by atoms with E-state index >= 15 is 0 Å². The number of esters is 1. The van der Waals surface area contributed by atoms with Gasteiger partial charge in [-0.25, -0.2) is 9.69 Å². The van der Waals surface area contributed by atoms with Crippen LogP contribution >= 0.6 is 0 Å². The molecule has 1 aliphatic heterocycles. The summed E-state index contributed by atoms with van der Waals surface area (Å²) in [7, 11) is 0. The van der Waals surface area contributed by atoms with Crippen molar-refractivity contribution in [2.75, 3.05) is 6.61 Å². The molecule has 2 aromatic carbocycles. The summed E-state index contributed by atoms with van der Waals surface area (Å²) in [6.07, 6.45) is -6.58. The molecule has 0 unspecified atom stereocenters. The summed E-state index contributed by atoms with van der Waals surface area (Å²) < 4.78 is 52.3. The van der Waals surface area contributed by atoms with Crippen LogP contribution < -0.4 is 5.32 Å². The van der Waals surface area contributed by atoms with E-state index in [1.807, 2.05) is 0 Å². The lowest BCUT2D eigenvalue weighted by Gasteiger charge is -2.28. The van der Waals surface area contributed by atoms with Crippen LogP contribution in [0.3, 0.4) is 0 Å². The summed E-state index contributed by atoms with van der Waals surface area (Å²) in [5.74, 6) is -2.00. The zero-order valence-electron chi connectivity index (χ0n) is 20.7. The van der Waals surface area contributed by atoms with E-state index in [9.17, 15) is 27.6 Å². The molecule has 10 heteroatoms. The van der Waals surface area contributed by atoms with Crippen molar-refractivity contribution in [1.29, 1.82) is 0 Å². The maximum Gasteiger partial charge on any atom is 0.416 e. The van der Waals surface area contributed by atoms with Crippen LogP contribution in [0.2, 0.25) is 0 Å². The molecule has 1 aliphatic rings. The number of nitrogens with zero attached hydrogens (tertiary/aromatic N) is 1. The van der Waals surface area contributed by atoms with Gasteiger partial charge in [0.05, 0.1) is 12.5 Å². The lowest BCUT2D eigenvalue weighted by Crippen LogP contribution is -2.54. The number of hydrogen-bond acceptors (Lipinski definition) is 6. The molecule has 2 amide bonds. The molecule has 3 atom stereocenters. The fraction of sp³-hybridized carbons (Fsp3) is 0.444. The zero-order valence-corrected chi connectivity index (χ0v) is 20.7. The first-order valence-corrected chi connectivity index (χ1v) is 12.1. The van der Waals surface area contributed by atoms with E-state index in [0.29, 0.717) is 5.56 Å². The van der Waals surface area contributed by atoms with Crippen molar-refractivity contribution in [3.8, 4) is 0 Å². The Morgan fingerprint density at radius 1 is 1.05 bits per heavy atom. The van der Waals surface area contributed by atoms with Gasteiger partial charge in [0.25, 0.3) is 0 Å². The average Bonchev–Trinajstić information content (AvgIpc) is 3.21. The number of nitrogens with one attached hydrogen (secondary N) is 1. The van der Waals surface area contributed by atoms with Crippen molar-refractivity contribution in [2.24, 2.45) is 5.92 Å². The number of hydrogen-bond donors (Lipinski definition) is 1. The first kappa shape index (κ1) is 28.2. The largest absolute Gasteiger partial charge is 0.460 e. The maximum atomic E-state index is 14.0. The number of halogens is 3. The summed E-state index contributed by atoms with van der Waals surface area (Å²) in [5.41, 5.74) is 1.51. The van der Waals surface area contributed by atoms with Gasteiger partial charge in [-0.3, -0.25) is 14.9 Å². The van der Waals surface area contributed by atoms with Crippen molar-refractivity contribution in [3.63, 3.8) is 0 Å². The van der Waals surface area contributed by atoms with E-state index in [-0.39, 0.29) is 32.0 Å². The van der Waals surface area contributed by atoms with Crippen LogP contribution in [0.15, 0.2) is 60.7 Å². The Balaban J connectivity index is 1.71. The van der Waals surface area contributed by atoms with Gasteiger partial charge in [-0.15, -0.1) is 0 Å². The zero-order chi connectivity index (χ0) is 27.0. The first-order valence-electron chi connectivity index (χ1n) is 12.1. The third kappa shape index (κ3) is 8.31. The molecule has 1 heterocycles. The summed E-state index contributed by atoms with van der Waals surface area (Å²) >= 11 is 0. The van der Waals surface area contributed by atoms with Crippen LogP contribution in [0.4, 0.5) is 18.0 Å². The summed E-state index contributed by atoms with van der Waals surface area (Å²) in [4.78, 5) is 38.7. The minimum absolute atomic E-state index is 0.0663. The molecule has 1 fully saturated rings. The Morgan fingerprint density at radius 3 is 2.22 bits per heavy atom. The first-order chi connectivity index (χ1) is 17.5. The van der Waals surface area contributed by atoms with Crippen LogP contribution in [-0.2, 0) is 32.1 Å². The highest BCUT2D eigenvalue weighted by atomic mass is 19.4. The highest BCUT2D eigenvalue weighted by Crippen LogP contribution is 2.27. The van der Waals surface area contributed by atoms with Gasteiger partial charge in [0.2, 0.25) is 5.91 Å². The van der Waals surface area contributed by atoms with E-state index in [1.165, 1.54) is 0 Å². The number of imide groups is 1.